The zero-order chi connectivity index (χ0) is 26.1. The van der Waals surface area contributed by atoms with Crippen molar-refractivity contribution in [3.05, 3.63) is 82.4 Å². The monoisotopic (exact) mass is 528 g/mol. The minimum atomic E-state index is -0.699. The van der Waals surface area contributed by atoms with Crippen LogP contribution >= 0.6 is 11.3 Å². The van der Waals surface area contributed by atoms with Crippen LogP contribution in [0.4, 0.5) is 4.79 Å². The minimum Gasteiger partial charge on any atom is -0.379 e. The van der Waals surface area contributed by atoms with Crippen molar-refractivity contribution in [1.82, 2.24) is 25.9 Å². The van der Waals surface area contributed by atoms with E-state index in [9.17, 15) is 14.4 Å². The van der Waals surface area contributed by atoms with Crippen LogP contribution in [-0.2, 0) is 11.3 Å². The number of nitrogens with zero attached hydrogens (tertiary/aromatic N) is 3. The molecular formula is C27H24N6O4S. The second-order valence-corrected chi connectivity index (χ2v) is 10.1. The number of H-pyrrole nitrogens is 1. The third-order valence-electron chi connectivity index (χ3n) is 6.57. The van der Waals surface area contributed by atoms with Crippen molar-refractivity contribution in [2.45, 2.75) is 6.54 Å². The van der Waals surface area contributed by atoms with Gasteiger partial charge in [0.25, 0.3) is 5.91 Å². The molecule has 0 radical (unpaired) electrons. The van der Waals surface area contributed by atoms with Gasteiger partial charge < -0.3 is 10.1 Å². The largest absolute Gasteiger partial charge is 0.379 e. The normalized spacial score (nSPS) is 19.7. The van der Waals surface area contributed by atoms with E-state index in [-0.39, 0.29) is 11.7 Å². The van der Waals surface area contributed by atoms with E-state index < -0.39 is 11.9 Å². The Bertz CT molecular complexity index is 1500. The lowest BCUT2D eigenvalue weighted by molar-refractivity contribution is 0.0204. The Kier molecular flexibility index (Phi) is 6.54. The van der Waals surface area contributed by atoms with Crippen LogP contribution in [0.5, 0.6) is 0 Å². The summed E-state index contributed by atoms with van der Waals surface area (Å²) in [6.07, 6.45) is 5.28. The van der Waals surface area contributed by atoms with Gasteiger partial charge in [-0.3, -0.25) is 20.1 Å². The SMILES string of the molecule is O=C(/N=C1\C=CC=C2c3n[nH]c(-c4ccc(C(=O)NCc5ccccc5)s4)c3C(=O)C21)NN1CCOCC1. The molecule has 3 heterocycles. The van der Waals surface area contributed by atoms with Gasteiger partial charge in [-0.05, 0) is 29.3 Å². The highest BCUT2D eigenvalue weighted by molar-refractivity contribution is 7.17. The first kappa shape index (κ1) is 24.2. The number of rotatable bonds is 5. The number of urea groups is 1. The molecule has 1 saturated heterocycles. The lowest BCUT2D eigenvalue weighted by atomic mass is 9.90. The molecule has 0 spiro atoms. The van der Waals surface area contributed by atoms with E-state index in [0.717, 1.165) is 10.4 Å². The number of amides is 3. The predicted molar refractivity (Wildman–Crippen MR) is 143 cm³/mol. The molecular weight excluding hydrogens is 504 g/mol. The Morgan fingerprint density at radius 3 is 2.79 bits per heavy atom. The average molecular weight is 529 g/mol. The number of thiophene rings is 1. The number of ether oxygens (including phenoxy) is 1. The maximum Gasteiger partial charge on any atom is 0.355 e. The third kappa shape index (κ3) is 4.62. The van der Waals surface area contributed by atoms with Crippen LogP contribution < -0.4 is 10.7 Å². The maximum absolute atomic E-state index is 13.6. The van der Waals surface area contributed by atoms with Crippen molar-refractivity contribution in [3.63, 3.8) is 0 Å². The molecule has 10 nitrogen and oxygen atoms in total. The fourth-order valence-corrected chi connectivity index (χ4v) is 5.64. The molecule has 11 heteroatoms. The maximum atomic E-state index is 13.6. The fourth-order valence-electron chi connectivity index (χ4n) is 4.72. The van der Waals surface area contributed by atoms with Crippen molar-refractivity contribution in [2.24, 2.45) is 10.9 Å². The number of hydrogen-bond acceptors (Lipinski definition) is 7. The van der Waals surface area contributed by atoms with Gasteiger partial charge in [-0.15, -0.1) is 11.3 Å². The number of carbonyl (C=O) groups excluding carboxylic acids is 3. The number of fused-ring (bicyclic) bond motifs is 3. The van der Waals surface area contributed by atoms with E-state index in [1.165, 1.54) is 11.3 Å². The van der Waals surface area contributed by atoms with Crippen molar-refractivity contribution in [2.75, 3.05) is 26.3 Å². The van der Waals surface area contributed by atoms with Crippen LogP contribution in [0.15, 0.2) is 65.7 Å². The van der Waals surface area contributed by atoms with E-state index in [1.807, 2.05) is 42.5 Å². The molecule has 2 aromatic heterocycles. The van der Waals surface area contributed by atoms with Crippen LogP contribution in [0.1, 0.15) is 31.3 Å². The second kappa shape index (κ2) is 10.3. The lowest BCUT2D eigenvalue weighted by Crippen LogP contribution is -2.47. The topological polar surface area (TPSA) is 129 Å². The molecule has 1 aliphatic heterocycles. The van der Waals surface area contributed by atoms with Crippen molar-refractivity contribution >= 4 is 40.3 Å². The Morgan fingerprint density at radius 1 is 1.16 bits per heavy atom. The summed E-state index contributed by atoms with van der Waals surface area (Å²) in [5, 5.41) is 12.1. The number of aromatic amines is 1. The van der Waals surface area contributed by atoms with E-state index >= 15 is 0 Å². The molecule has 6 rings (SSSR count). The van der Waals surface area contributed by atoms with Gasteiger partial charge >= 0.3 is 6.03 Å². The summed E-state index contributed by atoms with van der Waals surface area (Å²) in [4.78, 5) is 44.4. The molecule has 1 fully saturated rings. The Labute approximate surface area is 222 Å². The average Bonchev–Trinajstić information content (AvgIpc) is 3.66. The quantitative estimate of drug-likeness (QED) is 0.466. The van der Waals surface area contributed by atoms with Crippen molar-refractivity contribution in [1.29, 1.82) is 0 Å². The first-order valence-corrected chi connectivity index (χ1v) is 13.1. The lowest BCUT2D eigenvalue weighted by Gasteiger charge is -2.26. The fraction of sp³-hybridized carbons (Fsp3) is 0.222. The van der Waals surface area contributed by atoms with Gasteiger partial charge in [0.05, 0.1) is 45.9 Å². The van der Waals surface area contributed by atoms with Gasteiger partial charge in [0.1, 0.15) is 5.69 Å². The highest BCUT2D eigenvalue weighted by Gasteiger charge is 2.43. The standard InChI is InChI=1S/C27H24N6O4S/c34-25-21-17(7-4-8-18(21)29-27(36)32-33-11-13-37-14-12-33)23-22(25)24(31-30-23)19-9-10-20(38-19)26(35)28-15-16-5-2-1-3-6-16/h1-10,21H,11-15H2,(H,28,35)(H,30,31)(H,32,36)/b29-18+. The molecule has 2 aliphatic carbocycles. The van der Waals surface area contributed by atoms with Gasteiger partial charge in [0.15, 0.2) is 5.78 Å². The minimum absolute atomic E-state index is 0.180. The van der Waals surface area contributed by atoms with Crippen LogP contribution in [0, 0.1) is 5.92 Å². The number of ketones is 1. The summed E-state index contributed by atoms with van der Waals surface area (Å²) >= 11 is 1.29. The summed E-state index contributed by atoms with van der Waals surface area (Å²) in [7, 11) is 0. The van der Waals surface area contributed by atoms with Crippen molar-refractivity contribution < 1.29 is 19.1 Å². The molecule has 1 unspecified atom stereocenters. The number of aliphatic imine (C=N–C) groups is 1. The molecule has 0 bridgehead atoms. The van der Waals surface area contributed by atoms with Crippen LogP contribution in [0.3, 0.4) is 0 Å². The first-order chi connectivity index (χ1) is 18.6. The molecule has 3 amide bonds. The van der Waals surface area contributed by atoms with Crippen LogP contribution in [-0.4, -0.2) is 64.9 Å². The van der Waals surface area contributed by atoms with Gasteiger partial charge in [-0.25, -0.2) is 9.80 Å². The number of allylic oxidation sites excluding steroid dienone is 4. The molecule has 192 valence electrons. The predicted octanol–water partition coefficient (Wildman–Crippen LogP) is 3.23. The van der Waals surface area contributed by atoms with Gasteiger partial charge in [0, 0.05) is 19.6 Å². The summed E-state index contributed by atoms with van der Waals surface area (Å²) in [6.45, 7) is 2.65. The number of aromatic nitrogens is 2. The summed E-state index contributed by atoms with van der Waals surface area (Å²) in [5.41, 5.74) is 6.38. The number of Topliss-reactive ketones (excluding diaryl/α,β-unsaturated/α-hetero) is 1. The van der Waals surface area contributed by atoms with Crippen molar-refractivity contribution in [3.8, 4) is 10.6 Å². The molecule has 3 N–H and O–H groups in total. The van der Waals surface area contributed by atoms with E-state index in [2.05, 4.69) is 25.9 Å². The van der Waals surface area contributed by atoms with Gasteiger partial charge in [-0.1, -0.05) is 42.5 Å². The van der Waals surface area contributed by atoms with E-state index in [1.54, 1.807) is 23.2 Å². The molecule has 1 aromatic carbocycles. The number of hydrazine groups is 1. The van der Waals surface area contributed by atoms with Gasteiger partial charge in [-0.2, -0.15) is 10.1 Å². The highest BCUT2D eigenvalue weighted by atomic mass is 32.1. The van der Waals surface area contributed by atoms with Crippen LogP contribution in [0.2, 0.25) is 0 Å². The molecule has 3 aromatic rings. The summed E-state index contributed by atoms with van der Waals surface area (Å²) in [5.74, 6) is -1.07. The van der Waals surface area contributed by atoms with Gasteiger partial charge in [0.2, 0.25) is 0 Å². The number of hydrogen-bond donors (Lipinski definition) is 3. The Balaban J connectivity index is 1.20. The zero-order valence-corrected chi connectivity index (χ0v) is 21.1. The Hall–Kier alpha value is -4.19. The number of carbonyl (C=O) groups is 3. The number of benzene rings is 1. The highest BCUT2D eigenvalue weighted by Crippen LogP contribution is 2.44. The third-order valence-corrected chi connectivity index (χ3v) is 7.67. The summed E-state index contributed by atoms with van der Waals surface area (Å²) < 4.78 is 5.30. The number of morpholine rings is 1. The van der Waals surface area contributed by atoms with E-state index in [0.29, 0.717) is 66.0 Å². The smallest absolute Gasteiger partial charge is 0.355 e. The molecule has 1 atom stereocenters. The van der Waals surface area contributed by atoms with Crippen LogP contribution in [0.25, 0.3) is 16.1 Å². The Morgan fingerprint density at radius 2 is 1.97 bits per heavy atom. The second-order valence-electron chi connectivity index (χ2n) is 8.99. The van der Waals surface area contributed by atoms with E-state index in [4.69, 9.17) is 4.74 Å². The first-order valence-electron chi connectivity index (χ1n) is 12.2. The summed E-state index contributed by atoms with van der Waals surface area (Å²) in [6, 6.07) is 12.7. The molecule has 0 saturated carbocycles. The molecule has 3 aliphatic rings. The number of nitrogens with one attached hydrogen (secondary N) is 3. The molecule has 38 heavy (non-hydrogen) atoms. The zero-order valence-electron chi connectivity index (χ0n) is 20.3.